The third-order valence-corrected chi connectivity index (χ3v) is 3.28. The van der Waals surface area contributed by atoms with Crippen LogP contribution >= 0.6 is 0 Å². The van der Waals surface area contributed by atoms with Gasteiger partial charge in [-0.15, -0.1) is 0 Å². The Morgan fingerprint density at radius 1 is 1.53 bits per heavy atom. The number of hydrogen-bond acceptors (Lipinski definition) is 3. The number of halogens is 1. The highest BCUT2D eigenvalue weighted by atomic mass is 19.1. The van der Waals surface area contributed by atoms with Gasteiger partial charge in [0.15, 0.2) is 0 Å². The van der Waals surface area contributed by atoms with Crippen LogP contribution in [0.4, 0.5) is 10.1 Å². The van der Waals surface area contributed by atoms with Crippen LogP contribution in [0.3, 0.4) is 0 Å². The van der Waals surface area contributed by atoms with Crippen molar-refractivity contribution in [3.63, 3.8) is 0 Å². The Labute approximate surface area is 112 Å². The standard InChI is InChI=1S/C14H19FN2O2/c1-2-17(9-13-4-3-5-19-13)14(18)10-6-11(15)8-12(16)7-10/h6-8,13H,2-5,9,16H2,1H3. The number of nitrogen functional groups attached to an aromatic ring is 1. The maximum absolute atomic E-state index is 13.3. The van der Waals surface area contributed by atoms with Crippen LogP contribution in [0.5, 0.6) is 0 Å². The van der Waals surface area contributed by atoms with E-state index in [1.807, 2.05) is 6.92 Å². The van der Waals surface area contributed by atoms with Crippen LogP contribution < -0.4 is 5.73 Å². The van der Waals surface area contributed by atoms with Crippen molar-refractivity contribution in [3.05, 3.63) is 29.6 Å². The Hall–Kier alpha value is -1.62. The van der Waals surface area contributed by atoms with E-state index in [-0.39, 0.29) is 23.3 Å². The number of nitrogens with zero attached hydrogens (tertiary/aromatic N) is 1. The molecule has 1 atom stereocenters. The molecule has 4 nitrogen and oxygen atoms in total. The molecule has 0 spiro atoms. The van der Waals surface area contributed by atoms with E-state index in [0.29, 0.717) is 13.1 Å². The zero-order valence-electron chi connectivity index (χ0n) is 11.1. The third kappa shape index (κ3) is 3.44. The van der Waals surface area contributed by atoms with Gasteiger partial charge in [0.1, 0.15) is 5.82 Å². The topological polar surface area (TPSA) is 55.6 Å². The number of rotatable bonds is 4. The van der Waals surface area contributed by atoms with Gasteiger partial charge in [-0.2, -0.15) is 0 Å². The van der Waals surface area contributed by atoms with Gasteiger partial charge in [0.2, 0.25) is 0 Å². The minimum atomic E-state index is -0.489. The van der Waals surface area contributed by atoms with Crippen molar-refractivity contribution in [2.75, 3.05) is 25.4 Å². The van der Waals surface area contributed by atoms with E-state index in [1.54, 1.807) is 4.90 Å². The van der Waals surface area contributed by atoms with Crippen molar-refractivity contribution >= 4 is 11.6 Å². The molecule has 1 fully saturated rings. The Kier molecular flexibility index (Phi) is 4.37. The number of nitrogens with two attached hydrogens (primary N) is 1. The van der Waals surface area contributed by atoms with Crippen LogP contribution in [-0.2, 0) is 4.74 Å². The molecule has 1 aliphatic heterocycles. The molecule has 0 radical (unpaired) electrons. The monoisotopic (exact) mass is 266 g/mol. The van der Waals surface area contributed by atoms with Crippen LogP contribution in [0.1, 0.15) is 30.1 Å². The molecule has 0 aliphatic carbocycles. The molecule has 1 aromatic rings. The first kappa shape index (κ1) is 13.8. The van der Waals surface area contributed by atoms with Crippen LogP contribution in [0.25, 0.3) is 0 Å². The second-order valence-corrected chi connectivity index (χ2v) is 4.75. The highest BCUT2D eigenvalue weighted by Gasteiger charge is 2.22. The zero-order chi connectivity index (χ0) is 13.8. The van der Waals surface area contributed by atoms with E-state index in [2.05, 4.69) is 0 Å². The number of carbonyl (C=O) groups is 1. The average molecular weight is 266 g/mol. The van der Waals surface area contributed by atoms with Gasteiger partial charge in [0, 0.05) is 30.9 Å². The lowest BCUT2D eigenvalue weighted by atomic mass is 10.1. The van der Waals surface area contributed by atoms with Gasteiger partial charge in [-0.25, -0.2) is 4.39 Å². The minimum Gasteiger partial charge on any atom is -0.399 e. The van der Waals surface area contributed by atoms with Crippen molar-refractivity contribution < 1.29 is 13.9 Å². The van der Waals surface area contributed by atoms with E-state index in [4.69, 9.17) is 10.5 Å². The lowest BCUT2D eigenvalue weighted by Crippen LogP contribution is -2.37. The molecule has 0 aromatic heterocycles. The molecule has 5 heteroatoms. The molecular weight excluding hydrogens is 247 g/mol. The number of likely N-dealkylation sites (N-methyl/N-ethyl adjacent to an activating group) is 1. The van der Waals surface area contributed by atoms with Crippen LogP contribution in [0.2, 0.25) is 0 Å². The molecule has 0 saturated carbocycles. The quantitative estimate of drug-likeness (QED) is 0.849. The Bertz CT molecular complexity index is 439. The summed E-state index contributed by atoms with van der Waals surface area (Å²) in [6.45, 7) is 3.76. The van der Waals surface area contributed by atoms with Crippen LogP contribution in [0, 0.1) is 5.82 Å². The third-order valence-electron chi connectivity index (χ3n) is 3.28. The van der Waals surface area contributed by atoms with Gasteiger partial charge in [-0.05, 0) is 38.0 Å². The number of benzene rings is 1. The van der Waals surface area contributed by atoms with Crippen molar-refractivity contribution in [1.82, 2.24) is 4.90 Å². The molecule has 1 aliphatic rings. The number of carbonyl (C=O) groups excluding carboxylic acids is 1. The Morgan fingerprint density at radius 2 is 2.32 bits per heavy atom. The predicted molar refractivity (Wildman–Crippen MR) is 71.4 cm³/mol. The van der Waals surface area contributed by atoms with Crippen molar-refractivity contribution in [2.24, 2.45) is 0 Å². The van der Waals surface area contributed by atoms with Crippen LogP contribution in [-0.4, -0.2) is 36.6 Å². The highest BCUT2D eigenvalue weighted by Crippen LogP contribution is 2.17. The van der Waals surface area contributed by atoms with Gasteiger partial charge in [0.05, 0.1) is 6.10 Å². The summed E-state index contributed by atoms with van der Waals surface area (Å²) >= 11 is 0. The number of ether oxygens (including phenoxy) is 1. The summed E-state index contributed by atoms with van der Waals surface area (Å²) in [7, 11) is 0. The Balaban J connectivity index is 2.10. The number of hydrogen-bond donors (Lipinski definition) is 1. The first-order valence-electron chi connectivity index (χ1n) is 6.57. The van der Waals surface area contributed by atoms with Crippen LogP contribution in [0.15, 0.2) is 18.2 Å². The highest BCUT2D eigenvalue weighted by molar-refractivity contribution is 5.95. The average Bonchev–Trinajstić information content (AvgIpc) is 2.86. The smallest absolute Gasteiger partial charge is 0.254 e. The van der Waals surface area contributed by atoms with Gasteiger partial charge in [-0.3, -0.25) is 4.79 Å². The maximum atomic E-state index is 13.3. The first-order chi connectivity index (χ1) is 9.10. The summed E-state index contributed by atoms with van der Waals surface area (Å²) in [6.07, 6.45) is 2.09. The predicted octanol–water partition coefficient (Wildman–Crippen LogP) is 2.05. The van der Waals surface area contributed by atoms with E-state index >= 15 is 0 Å². The normalized spacial score (nSPS) is 18.5. The summed E-state index contributed by atoms with van der Waals surface area (Å²) in [5, 5.41) is 0. The molecule has 2 rings (SSSR count). The lowest BCUT2D eigenvalue weighted by molar-refractivity contribution is 0.0539. The van der Waals surface area contributed by atoms with Gasteiger partial charge in [-0.1, -0.05) is 0 Å². The summed E-state index contributed by atoms with van der Waals surface area (Å²) in [6, 6.07) is 3.92. The van der Waals surface area contributed by atoms with Gasteiger partial charge >= 0.3 is 0 Å². The first-order valence-corrected chi connectivity index (χ1v) is 6.57. The molecule has 2 N–H and O–H groups in total. The van der Waals surface area contributed by atoms with E-state index in [1.165, 1.54) is 18.2 Å². The summed E-state index contributed by atoms with van der Waals surface area (Å²) in [5.74, 6) is -0.694. The second kappa shape index (κ2) is 6.02. The molecule has 104 valence electrons. The van der Waals surface area contributed by atoms with Gasteiger partial charge < -0.3 is 15.4 Å². The fourth-order valence-electron chi connectivity index (χ4n) is 2.31. The second-order valence-electron chi connectivity index (χ2n) is 4.75. The fourth-order valence-corrected chi connectivity index (χ4v) is 2.31. The van der Waals surface area contributed by atoms with Gasteiger partial charge in [0.25, 0.3) is 5.91 Å². The molecule has 1 unspecified atom stereocenters. The summed E-state index contributed by atoms with van der Waals surface area (Å²) in [5.41, 5.74) is 6.12. The SMILES string of the molecule is CCN(CC1CCCO1)C(=O)c1cc(N)cc(F)c1. The molecule has 1 saturated heterocycles. The summed E-state index contributed by atoms with van der Waals surface area (Å²) in [4.78, 5) is 14.0. The molecular formula is C14H19FN2O2. The van der Waals surface area contributed by atoms with Crippen molar-refractivity contribution in [1.29, 1.82) is 0 Å². The molecule has 1 aromatic carbocycles. The molecule has 19 heavy (non-hydrogen) atoms. The number of anilines is 1. The van der Waals surface area contributed by atoms with E-state index in [9.17, 15) is 9.18 Å². The Morgan fingerprint density at radius 3 is 2.89 bits per heavy atom. The van der Waals surface area contributed by atoms with E-state index < -0.39 is 5.82 Å². The number of amides is 1. The zero-order valence-corrected chi connectivity index (χ0v) is 11.1. The molecule has 1 amide bonds. The van der Waals surface area contributed by atoms with Crippen molar-refractivity contribution in [3.8, 4) is 0 Å². The lowest BCUT2D eigenvalue weighted by Gasteiger charge is -2.24. The largest absolute Gasteiger partial charge is 0.399 e. The summed E-state index contributed by atoms with van der Waals surface area (Å²) < 4.78 is 18.8. The van der Waals surface area contributed by atoms with E-state index in [0.717, 1.165) is 19.4 Å². The molecule has 0 bridgehead atoms. The minimum absolute atomic E-state index is 0.0924. The molecule has 1 heterocycles. The van der Waals surface area contributed by atoms with Crippen molar-refractivity contribution in [2.45, 2.75) is 25.9 Å². The maximum Gasteiger partial charge on any atom is 0.254 e. The fraction of sp³-hybridized carbons (Fsp3) is 0.500.